The molecule has 0 spiro atoms. The zero-order valence-electron chi connectivity index (χ0n) is 15.9. The van der Waals surface area contributed by atoms with E-state index in [0.29, 0.717) is 17.3 Å². The van der Waals surface area contributed by atoms with Gasteiger partial charge in [-0.15, -0.1) is 11.5 Å². The third kappa shape index (κ3) is 3.71. The SMILES string of the molecule is O=C(O)c1ccc2c(c1)nc(-c1cc3cc[c-]cc3nn1)n2C1CCCCC1.[Y]. The maximum absolute atomic E-state index is 11.4. The molecule has 1 saturated carbocycles. The van der Waals surface area contributed by atoms with Crippen LogP contribution in [0.5, 0.6) is 0 Å². The number of aromatic nitrogens is 4. The number of hydrogen-bond acceptors (Lipinski definition) is 4. The zero-order valence-corrected chi connectivity index (χ0v) is 18.7. The van der Waals surface area contributed by atoms with Gasteiger partial charge >= 0.3 is 5.97 Å². The van der Waals surface area contributed by atoms with E-state index >= 15 is 0 Å². The topological polar surface area (TPSA) is 80.9 Å². The van der Waals surface area contributed by atoms with Crippen LogP contribution in [0.4, 0.5) is 0 Å². The molecular weight excluding hydrogens is 441 g/mol. The maximum atomic E-state index is 11.4. The molecule has 1 aliphatic carbocycles. The summed E-state index contributed by atoms with van der Waals surface area (Å²) in [6.07, 6.45) is 5.82. The van der Waals surface area contributed by atoms with E-state index in [2.05, 4.69) is 20.8 Å². The summed E-state index contributed by atoms with van der Waals surface area (Å²) in [6, 6.07) is 16.1. The van der Waals surface area contributed by atoms with Gasteiger partial charge in [0.1, 0.15) is 5.69 Å². The molecular formula is C22H19N4O2Y-. The smallest absolute Gasteiger partial charge is 0.335 e. The average molecular weight is 460 g/mol. The number of imidazole rings is 1. The van der Waals surface area contributed by atoms with E-state index in [1.165, 1.54) is 19.3 Å². The Morgan fingerprint density at radius 1 is 1.07 bits per heavy atom. The van der Waals surface area contributed by atoms with Crippen molar-refractivity contribution in [3.63, 3.8) is 0 Å². The van der Waals surface area contributed by atoms with Crippen LogP contribution in [0, 0.1) is 6.07 Å². The predicted molar refractivity (Wildman–Crippen MR) is 106 cm³/mol. The Bertz CT molecular complexity index is 1200. The van der Waals surface area contributed by atoms with Crippen molar-refractivity contribution >= 4 is 27.9 Å². The van der Waals surface area contributed by atoms with Crippen LogP contribution < -0.4 is 0 Å². The van der Waals surface area contributed by atoms with Crippen molar-refractivity contribution in [2.75, 3.05) is 0 Å². The largest absolute Gasteiger partial charge is 0.478 e. The number of nitrogens with zero attached hydrogens (tertiary/aromatic N) is 4. The van der Waals surface area contributed by atoms with Gasteiger partial charge in [-0.2, -0.15) is 23.3 Å². The van der Waals surface area contributed by atoms with Gasteiger partial charge in [-0.1, -0.05) is 19.3 Å². The minimum atomic E-state index is -0.947. The Morgan fingerprint density at radius 3 is 2.69 bits per heavy atom. The first-order valence-electron chi connectivity index (χ1n) is 9.60. The van der Waals surface area contributed by atoms with E-state index in [4.69, 9.17) is 4.98 Å². The van der Waals surface area contributed by atoms with Crippen LogP contribution in [0.15, 0.2) is 42.5 Å². The summed E-state index contributed by atoms with van der Waals surface area (Å²) in [7, 11) is 0. The van der Waals surface area contributed by atoms with E-state index in [0.717, 1.165) is 35.1 Å². The van der Waals surface area contributed by atoms with Gasteiger partial charge in [0.25, 0.3) is 0 Å². The summed E-state index contributed by atoms with van der Waals surface area (Å²) in [5.74, 6) is -0.191. The molecule has 2 aromatic heterocycles. The van der Waals surface area contributed by atoms with E-state index in [1.807, 2.05) is 30.3 Å². The minimum Gasteiger partial charge on any atom is -0.478 e. The summed E-state index contributed by atoms with van der Waals surface area (Å²) in [4.78, 5) is 16.2. The van der Waals surface area contributed by atoms with Crippen molar-refractivity contribution in [1.29, 1.82) is 0 Å². The van der Waals surface area contributed by atoms with Crippen molar-refractivity contribution in [3.8, 4) is 11.5 Å². The molecule has 0 saturated heterocycles. The zero-order chi connectivity index (χ0) is 19.1. The van der Waals surface area contributed by atoms with Crippen LogP contribution in [-0.2, 0) is 32.7 Å². The molecule has 1 N–H and O–H groups in total. The average Bonchev–Trinajstić information content (AvgIpc) is 3.12. The molecule has 2 aromatic carbocycles. The molecule has 4 aromatic rings. The Labute approximate surface area is 193 Å². The molecule has 143 valence electrons. The van der Waals surface area contributed by atoms with Gasteiger partial charge in [0.15, 0.2) is 5.82 Å². The molecule has 2 heterocycles. The number of carboxylic acids is 1. The van der Waals surface area contributed by atoms with Crippen LogP contribution in [0.25, 0.3) is 33.5 Å². The van der Waals surface area contributed by atoms with Crippen LogP contribution in [0.1, 0.15) is 48.5 Å². The van der Waals surface area contributed by atoms with E-state index in [9.17, 15) is 9.90 Å². The van der Waals surface area contributed by atoms with Gasteiger partial charge < -0.3 is 9.67 Å². The third-order valence-corrected chi connectivity index (χ3v) is 5.54. The third-order valence-electron chi connectivity index (χ3n) is 5.54. The molecule has 1 fully saturated rings. The predicted octanol–water partition coefficient (Wildman–Crippen LogP) is 4.65. The monoisotopic (exact) mass is 460 g/mol. The van der Waals surface area contributed by atoms with Gasteiger partial charge in [-0.05, 0) is 42.6 Å². The quantitative estimate of drug-likeness (QED) is 0.451. The molecule has 0 atom stereocenters. The molecule has 7 heteroatoms. The first-order chi connectivity index (χ1) is 13.7. The fourth-order valence-electron chi connectivity index (χ4n) is 4.16. The molecule has 29 heavy (non-hydrogen) atoms. The molecule has 0 unspecified atom stereocenters. The molecule has 0 bridgehead atoms. The first-order valence-corrected chi connectivity index (χ1v) is 9.60. The van der Waals surface area contributed by atoms with Crippen molar-refractivity contribution in [3.05, 3.63) is 54.1 Å². The Morgan fingerprint density at radius 2 is 1.90 bits per heavy atom. The van der Waals surface area contributed by atoms with Crippen molar-refractivity contribution < 1.29 is 42.6 Å². The second-order valence-corrected chi connectivity index (χ2v) is 7.32. The van der Waals surface area contributed by atoms with Crippen LogP contribution in [0.3, 0.4) is 0 Å². The van der Waals surface area contributed by atoms with E-state index in [-0.39, 0.29) is 38.3 Å². The molecule has 1 aliphatic rings. The summed E-state index contributed by atoms with van der Waals surface area (Å²) < 4.78 is 2.24. The Hall–Kier alpha value is -2.18. The van der Waals surface area contributed by atoms with E-state index < -0.39 is 5.97 Å². The molecule has 1 radical (unpaired) electrons. The number of aromatic carboxylic acids is 1. The van der Waals surface area contributed by atoms with Crippen molar-refractivity contribution in [1.82, 2.24) is 19.7 Å². The summed E-state index contributed by atoms with van der Waals surface area (Å²) in [5.41, 5.74) is 3.38. The van der Waals surface area contributed by atoms with Gasteiger partial charge in [0.05, 0.1) is 16.6 Å². The number of benzene rings is 2. The fraction of sp³-hybridized carbons (Fsp3) is 0.273. The fourth-order valence-corrected chi connectivity index (χ4v) is 4.16. The number of rotatable bonds is 3. The molecule has 0 amide bonds. The van der Waals surface area contributed by atoms with Gasteiger partial charge in [0.2, 0.25) is 0 Å². The summed E-state index contributed by atoms with van der Waals surface area (Å²) in [5, 5.41) is 19.1. The van der Waals surface area contributed by atoms with Gasteiger partial charge in [0, 0.05) is 38.8 Å². The number of carboxylic acid groups (broad SMARTS) is 1. The number of carbonyl (C=O) groups is 1. The molecule has 6 nitrogen and oxygen atoms in total. The number of fused-ring (bicyclic) bond motifs is 2. The van der Waals surface area contributed by atoms with Gasteiger partial charge in [-0.25, -0.2) is 14.9 Å². The maximum Gasteiger partial charge on any atom is 0.335 e. The summed E-state index contributed by atoms with van der Waals surface area (Å²) in [6.45, 7) is 0. The van der Waals surface area contributed by atoms with Crippen LogP contribution in [-0.4, -0.2) is 30.8 Å². The summed E-state index contributed by atoms with van der Waals surface area (Å²) >= 11 is 0. The standard InChI is InChI=1S/C22H19N4O2.Y/c27-22(28)15-10-11-20-18(13-15)23-21(26(20)16-7-2-1-3-8-16)19-12-14-6-4-5-9-17(14)24-25-19;/h4,6,9-13,16H,1-3,7-8H2,(H,27,28);/q-1;. The first kappa shape index (κ1) is 20.1. The molecule has 0 aliphatic heterocycles. The number of hydrogen-bond donors (Lipinski definition) is 1. The molecule has 5 rings (SSSR count). The van der Waals surface area contributed by atoms with Gasteiger partial charge in [-0.3, -0.25) is 0 Å². The van der Waals surface area contributed by atoms with E-state index in [1.54, 1.807) is 12.1 Å². The second-order valence-electron chi connectivity index (χ2n) is 7.32. The Balaban J connectivity index is 0.00000205. The minimum absolute atomic E-state index is 0. The second kappa shape index (κ2) is 8.29. The van der Waals surface area contributed by atoms with Crippen molar-refractivity contribution in [2.24, 2.45) is 0 Å². The van der Waals surface area contributed by atoms with Crippen molar-refractivity contribution in [2.45, 2.75) is 38.1 Å². The normalized spacial score (nSPS) is 14.8. The van der Waals surface area contributed by atoms with Crippen LogP contribution >= 0.6 is 0 Å². The van der Waals surface area contributed by atoms with Crippen LogP contribution in [0.2, 0.25) is 0 Å². The Kier molecular flexibility index (Phi) is 5.75.